The number of aryl methyl sites for hydroxylation is 1. The van der Waals surface area contributed by atoms with E-state index in [0.29, 0.717) is 23.5 Å². The van der Waals surface area contributed by atoms with Crippen molar-refractivity contribution in [3.8, 4) is 0 Å². The van der Waals surface area contributed by atoms with Gasteiger partial charge in [0.05, 0.1) is 0 Å². The molecule has 202 valence electrons. The van der Waals surface area contributed by atoms with Crippen LogP contribution in [0.15, 0.2) is 30.4 Å². The second-order valence-electron chi connectivity index (χ2n) is 11.7. The van der Waals surface area contributed by atoms with E-state index in [1.54, 1.807) is 6.07 Å². The molecule has 0 aromatic heterocycles. The lowest BCUT2D eigenvalue weighted by atomic mass is 9.72. The zero-order chi connectivity index (χ0) is 25.6. The van der Waals surface area contributed by atoms with Crippen LogP contribution in [0.2, 0.25) is 0 Å². The van der Waals surface area contributed by atoms with Gasteiger partial charge in [0.1, 0.15) is 0 Å². The van der Waals surface area contributed by atoms with Crippen molar-refractivity contribution in [2.24, 2.45) is 17.8 Å². The van der Waals surface area contributed by atoms with Crippen molar-refractivity contribution in [1.29, 1.82) is 0 Å². The highest BCUT2D eigenvalue weighted by Gasteiger charge is 2.27. The third-order valence-corrected chi connectivity index (χ3v) is 8.87. The lowest BCUT2D eigenvalue weighted by Crippen LogP contribution is -2.21. The van der Waals surface area contributed by atoms with Gasteiger partial charge in [-0.3, -0.25) is 0 Å². The first-order chi connectivity index (χ1) is 17.6. The van der Waals surface area contributed by atoms with E-state index >= 15 is 0 Å². The molecule has 36 heavy (non-hydrogen) atoms. The third-order valence-electron chi connectivity index (χ3n) is 8.87. The van der Waals surface area contributed by atoms with Crippen LogP contribution in [0.4, 0.5) is 8.78 Å². The van der Waals surface area contributed by atoms with Crippen LogP contribution in [-0.2, 0) is 6.42 Å². The zero-order valence-electron chi connectivity index (χ0n) is 23.3. The van der Waals surface area contributed by atoms with Crippen LogP contribution in [0.3, 0.4) is 0 Å². The molecule has 0 nitrogen and oxygen atoms in total. The molecule has 1 aromatic carbocycles. The monoisotopic (exact) mass is 498 g/mol. The number of hydrogen-bond acceptors (Lipinski definition) is 0. The Morgan fingerprint density at radius 1 is 0.722 bits per heavy atom. The van der Waals surface area contributed by atoms with Gasteiger partial charge in [-0.2, -0.15) is 0 Å². The fraction of sp³-hybridized carbons (Fsp3) is 0.706. The van der Waals surface area contributed by atoms with Gasteiger partial charge in [0.15, 0.2) is 11.6 Å². The second kappa shape index (κ2) is 16.4. The maximum atomic E-state index is 15.0. The predicted molar refractivity (Wildman–Crippen MR) is 152 cm³/mol. The lowest BCUT2D eigenvalue weighted by molar-refractivity contribution is 0.218. The largest absolute Gasteiger partial charge is 0.203 e. The maximum Gasteiger partial charge on any atom is 0.166 e. The van der Waals surface area contributed by atoms with Crippen LogP contribution in [0, 0.1) is 29.4 Å². The SMILES string of the molecule is CCCCCCCCCCc1ccc(C2=CCC(C3CCC(CCCCCC)CC3)C=C2)c(F)c1F. The van der Waals surface area contributed by atoms with Crippen LogP contribution in [0.5, 0.6) is 0 Å². The van der Waals surface area contributed by atoms with Gasteiger partial charge in [-0.15, -0.1) is 0 Å². The Bertz CT molecular complexity index is 813. The summed E-state index contributed by atoms with van der Waals surface area (Å²) in [7, 11) is 0. The Kier molecular flexibility index (Phi) is 13.3. The molecule has 3 rings (SSSR count). The van der Waals surface area contributed by atoms with Crippen molar-refractivity contribution >= 4 is 5.57 Å². The smallest absolute Gasteiger partial charge is 0.166 e. The van der Waals surface area contributed by atoms with E-state index < -0.39 is 11.6 Å². The molecule has 2 aliphatic rings. The average Bonchev–Trinajstić information content (AvgIpc) is 2.91. The molecule has 0 heterocycles. The number of rotatable bonds is 16. The third kappa shape index (κ3) is 9.14. The van der Waals surface area contributed by atoms with Gasteiger partial charge in [-0.25, -0.2) is 8.78 Å². The first kappa shape index (κ1) is 29.1. The standard InChI is InChI=1S/C34H52F2/c1-3-5-7-9-10-11-12-14-16-31-25-26-32(34(36)33(31)35)30-23-21-29(22-24-30)28-19-17-27(18-20-28)15-13-8-6-4-2/h21,23-29H,3-20,22H2,1-2H3. The van der Waals surface area contributed by atoms with Crippen molar-refractivity contribution < 1.29 is 8.78 Å². The summed E-state index contributed by atoms with van der Waals surface area (Å²) >= 11 is 0. The number of unbranched alkanes of at least 4 members (excludes halogenated alkanes) is 10. The quantitative estimate of drug-likeness (QED) is 0.199. The summed E-state index contributed by atoms with van der Waals surface area (Å²) < 4.78 is 29.8. The highest BCUT2D eigenvalue weighted by atomic mass is 19.2. The number of hydrogen-bond donors (Lipinski definition) is 0. The van der Waals surface area contributed by atoms with Crippen LogP contribution in [0.1, 0.15) is 141 Å². The first-order valence-electron chi connectivity index (χ1n) is 15.5. The molecule has 0 N–H and O–H groups in total. The van der Waals surface area contributed by atoms with E-state index in [9.17, 15) is 8.78 Å². The molecule has 1 aromatic rings. The highest BCUT2D eigenvalue weighted by Crippen LogP contribution is 2.40. The van der Waals surface area contributed by atoms with Crippen LogP contribution >= 0.6 is 0 Å². The molecular formula is C34H52F2. The molecule has 1 unspecified atom stereocenters. The van der Waals surface area contributed by atoms with Gasteiger partial charge in [-0.05, 0) is 61.0 Å². The second-order valence-corrected chi connectivity index (χ2v) is 11.7. The molecule has 0 radical (unpaired) electrons. The molecule has 1 fully saturated rings. The van der Waals surface area contributed by atoms with E-state index in [1.807, 2.05) is 6.07 Å². The van der Waals surface area contributed by atoms with Gasteiger partial charge < -0.3 is 0 Å². The fourth-order valence-electron chi connectivity index (χ4n) is 6.41. The Balaban J connectivity index is 1.42. The molecule has 0 amide bonds. The van der Waals surface area contributed by atoms with Gasteiger partial charge in [0.2, 0.25) is 0 Å². The Morgan fingerprint density at radius 2 is 1.36 bits per heavy atom. The topological polar surface area (TPSA) is 0 Å². The van der Waals surface area contributed by atoms with E-state index in [1.165, 1.54) is 96.3 Å². The van der Waals surface area contributed by atoms with Crippen molar-refractivity contribution in [1.82, 2.24) is 0 Å². The van der Waals surface area contributed by atoms with Gasteiger partial charge >= 0.3 is 0 Å². The minimum atomic E-state index is -0.662. The minimum absolute atomic E-state index is 0.428. The van der Waals surface area contributed by atoms with Crippen molar-refractivity contribution in [3.63, 3.8) is 0 Å². The maximum absolute atomic E-state index is 15.0. The minimum Gasteiger partial charge on any atom is -0.203 e. The normalized spacial score (nSPS) is 22.1. The van der Waals surface area contributed by atoms with Crippen molar-refractivity contribution in [2.75, 3.05) is 0 Å². The van der Waals surface area contributed by atoms with Crippen LogP contribution < -0.4 is 0 Å². The number of benzene rings is 1. The summed E-state index contributed by atoms with van der Waals surface area (Å²) in [6.07, 6.45) is 30.1. The van der Waals surface area contributed by atoms with E-state index in [0.717, 1.165) is 36.7 Å². The fourth-order valence-corrected chi connectivity index (χ4v) is 6.41. The van der Waals surface area contributed by atoms with Crippen LogP contribution in [-0.4, -0.2) is 0 Å². The lowest BCUT2D eigenvalue weighted by Gasteiger charge is -2.33. The summed E-state index contributed by atoms with van der Waals surface area (Å²) in [5.74, 6) is 0.942. The number of allylic oxidation sites excluding steroid dienone is 4. The summed E-state index contributed by atoms with van der Waals surface area (Å²) in [6.45, 7) is 4.51. The Labute approximate surface area is 221 Å². The molecule has 2 heteroatoms. The highest BCUT2D eigenvalue weighted by molar-refractivity contribution is 5.75. The zero-order valence-corrected chi connectivity index (χ0v) is 23.3. The van der Waals surface area contributed by atoms with E-state index in [2.05, 4.69) is 32.1 Å². The molecule has 0 spiro atoms. The van der Waals surface area contributed by atoms with Crippen LogP contribution in [0.25, 0.3) is 5.57 Å². The van der Waals surface area contributed by atoms with Gasteiger partial charge in [0.25, 0.3) is 0 Å². The number of halogens is 2. The molecule has 2 aliphatic carbocycles. The molecule has 0 saturated heterocycles. The molecular weight excluding hydrogens is 446 g/mol. The Hall–Kier alpha value is -1.44. The predicted octanol–water partition coefficient (Wildman–Crippen LogP) is 11.4. The Morgan fingerprint density at radius 3 is 2.00 bits per heavy atom. The summed E-state index contributed by atoms with van der Waals surface area (Å²) in [5, 5.41) is 0. The molecule has 1 saturated carbocycles. The van der Waals surface area contributed by atoms with Crippen molar-refractivity contribution in [2.45, 2.75) is 136 Å². The molecule has 0 aliphatic heterocycles. The van der Waals surface area contributed by atoms with E-state index in [4.69, 9.17) is 0 Å². The van der Waals surface area contributed by atoms with Gasteiger partial charge in [0, 0.05) is 5.56 Å². The average molecular weight is 499 g/mol. The summed E-state index contributed by atoms with van der Waals surface area (Å²) in [4.78, 5) is 0. The first-order valence-corrected chi connectivity index (χ1v) is 15.5. The van der Waals surface area contributed by atoms with E-state index in [-0.39, 0.29) is 0 Å². The molecule has 1 atom stereocenters. The summed E-state index contributed by atoms with van der Waals surface area (Å²) in [6, 6.07) is 3.62. The van der Waals surface area contributed by atoms with Gasteiger partial charge in [-0.1, -0.05) is 134 Å². The molecule has 0 bridgehead atoms. The van der Waals surface area contributed by atoms with Crippen molar-refractivity contribution in [3.05, 3.63) is 53.1 Å². The summed E-state index contributed by atoms with van der Waals surface area (Å²) in [5.41, 5.74) is 1.82.